The number of hydrogen-bond acceptors (Lipinski definition) is 4. The van der Waals surface area contributed by atoms with Crippen LogP contribution >= 0.6 is 0 Å². The number of nitrogens with one attached hydrogen (secondary N) is 2. The third-order valence-corrected chi connectivity index (χ3v) is 4.73. The topological polar surface area (TPSA) is 93.1 Å². The van der Waals surface area contributed by atoms with Crippen molar-refractivity contribution in [1.29, 1.82) is 0 Å². The molecular formula is C19H24N4O3. The van der Waals surface area contributed by atoms with Crippen LogP contribution in [0.4, 0.5) is 0 Å². The van der Waals surface area contributed by atoms with E-state index in [0.717, 1.165) is 25.7 Å². The van der Waals surface area contributed by atoms with Gasteiger partial charge in [-0.05, 0) is 25.0 Å². The van der Waals surface area contributed by atoms with Crippen LogP contribution in [0.2, 0.25) is 0 Å². The van der Waals surface area contributed by atoms with Crippen molar-refractivity contribution in [1.82, 2.24) is 20.4 Å². The summed E-state index contributed by atoms with van der Waals surface area (Å²) in [6.07, 6.45) is 7.02. The minimum Gasteiger partial charge on any atom is -0.352 e. The summed E-state index contributed by atoms with van der Waals surface area (Å²) in [4.78, 5) is 35.8. The van der Waals surface area contributed by atoms with Gasteiger partial charge < -0.3 is 10.6 Å². The van der Waals surface area contributed by atoms with Gasteiger partial charge in [-0.2, -0.15) is 5.10 Å². The van der Waals surface area contributed by atoms with Gasteiger partial charge in [-0.15, -0.1) is 0 Å². The summed E-state index contributed by atoms with van der Waals surface area (Å²) in [5.41, 5.74) is 0.559. The Balaban J connectivity index is 1.48. The van der Waals surface area contributed by atoms with E-state index in [-0.39, 0.29) is 36.3 Å². The third-order valence-electron chi connectivity index (χ3n) is 4.73. The lowest BCUT2D eigenvalue weighted by Gasteiger charge is -2.22. The number of aromatic nitrogens is 2. The van der Waals surface area contributed by atoms with Crippen molar-refractivity contribution < 1.29 is 9.59 Å². The molecule has 1 aromatic heterocycles. The predicted molar refractivity (Wildman–Crippen MR) is 98.6 cm³/mol. The fourth-order valence-corrected chi connectivity index (χ4v) is 3.34. The van der Waals surface area contributed by atoms with Crippen molar-refractivity contribution in [3.63, 3.8) is 0 Å². The summed E-state index contributed by atoms with van der Waals surface area (Å²) in [6.45, 7) is 0.338. The molecule has 7 nitrogen and oxygen atoms in total. The number of aryl methyl sites for hydroxylation is 1. The van der Waals surface area contributed by atoms with Crippen LogP contribution in [0.3, 0.4) is 0 Å². The maximum absolute atomic E-state index is 12.0. The number of carbonyl (C=O) groups is 2. The fourth-order valence-electron chi connectivity index (χ4n) is 3.34. The van der Waals surface area contributed by atoms with Gasteiger partial charge in [0.1, 0.15) is 0 Å². The van der Waals surface area contributed by atoms with E-state index in [2.05, 4.69) is 15.7 Å². The lowest BCUT2D eigenvalue weighted by molar-refractivity contribution is -0.126. The van der Waals surface area contributed by atoms with E-state index in [4.69, 9.17) is 0 Å². The average Bonchev–Trinajstić information content (AvgIpc) is 2.67. The summed E-state index contributed by atoms with van der Waals surface area (Å²) in [7, 11) is 0. The van der Waals surface area contributed by atoms with Crippen LogP contribution in [0.1, 0.15) is 38.5 Å². The number of para-hydroxylation sites is 1. The van der Waals surface area contributed by atoms with Gasteiger partial charge in [-0.1, -0.05) is 31.4 Å². The van der Waals surface area contributed by atoms with Crippen molar-refractivity contribution in [3.8, 4) is 0 Å². The second kappa shape index (κ2) is 8.60. The predicted octanol–water partition coefficient (Wildman–Crippen LogP) is 1.35. The van der Waals surface area contributed by atoms with E-state index in [1.165, 1.54) is 12.6 Å². The van der Waals surface area contributed by atoms with Crippen LogP contribution in [-0.4, -0.2) is 34.2 Å². The van der Waals surface area contributed by atoms with Crippen molar-refractivity contribution in [2.75, 3.05) is 6.54 Å². The van der Waals surface area contributed by atoms with Crippen molar-refractivity contribution >= 4 is 22.7 Å². The molecule has 1 aromatic carbocycles. The molecule has 0 spiro atoms. The number of rotatable bonds is 6. The SMILES string of the molecule is O=C(CCn1ncc(=O)c2ccccc21)NCC(=O)NC1CCCCC1. The van der Waals surface area contributed by atoms with E-state index >= 15 is 0 Å². The Morgan fingerprint density at radius 1 is 1.12 bits per heavy atom. The second-order valence-electron chi connectivity index (χ2n) is 6.68. The van der Waals surface area contributed by atoms with Crippen molar-refractivity contribution in [3.05, 3.63) is 40.7 Å². The Morgan fingerprint density at radius 2 is 1.88 bits per heavy atom. The Kier molecular flexibility index (Phi) is 5.99. The number of nitrogens with zero attached hydrogens (tertiary/aromatic N) is 2. The smallest absolute Gasteiger partial charge is 0.239 e. The molecule has 2 N–H and O–H groups in total. The van der Waals surface area contributed by atoms with E-state index in [1.807, 2.05) is 6.07 Å². The number of hydrogen-bond donors (Lipinski definition) is 2. The zero-order valence-electron chi connectivity index (χ0n) is 14.7. The minimum absolute atomic E-state index is 0.00628. The molecule has 7 heteroatoms. The Morgan fingerprint density at radius 3 is 2.69 bits per heavy atom. The molecule has 1 saturated carbocycles. The van der Waals surface area contributed by atoms with Crippen molar-refractivity contribution in [2.24, 2.45) is 0 Å². The molecule has 0 radical (unpaired) electrons. The monoisotopic (exact) mass is 356 g/mol. The number of fused-ring (bicyclic) bond motifs is 1. The molecule has 0 atom stereocenters. The standard InChI is InChI=1S/C19H24N4O3/c24-17-12-21-23(16-9-5-4-8-15(16)17)11-10-18(25)20-13-19(26)22-14-6-2-1-3-7-14/h4-5,8-9,12,14H,1-3,6-7,10-11,13H2,(H,20,25)(H,22,26). The minimum atomic E-state index is -0.214. The Labute approximate surface area is 151 Å². The highest BCUT2D eigenvalue weighted by Crippen LogP contribution is 2.17. The van der Waals surface area contributed by atoms with Crippen LogP contribution in [0.25, 0.3) is 10.9 Å². The van der Waals surface area contributed by atoms with E-state index in [9.17, 15) is 14.4 Å². The summed E-state index contributed by atoms with van der Waals surface area (Å²) in [6, 6.07) is 7.41. The van der Waals surface area contributed by atoms with Gasteiger partial charge in [-0.3, -0.25) is 19.1 Å². The molecule has 3 rings (SSSR count). The molecule has 138 valence electrons. The van der Waals surface area contributed by atoms with Gasteiger partial charge in [0.25, 0.3) is 0 Å². The number of benzene rings is 1. The van der Waals surface area contributed by atoms with E-state index in [0.29, 0.717) is 17.4 Å². The largest absolute Gasteiger partial charge is 0.352 e. The normalized spacial score (nSPS) is 14.9. The molecule has 0 saturated heterocycles. The highest BCUT2D eigenvalue weighted by Gasteiger charge is 2.16. The first kappa shape index (κ1) is 18.1. The zero-order chi connectivity index (χ0) is 18.4. The molecule has 1 aliphatic carbocycles. The lowest BCUT2D eigenvalue weighted by atomic mass is 9.95. The molecule has 1 fully saturated rings. The first-order valence-electron chi connectivity index (χ1n) is 9.14. The highest BCUT2D eigenvalue weighted by molar-refractivity contribution is 5.85. The quantitative estimate of drug-likeness (QED) is 0.817. The van der Waals surface area contributed by atoms with Gasteiger partial charge in [-0.25, -0.2) is 0 Å². The molecule has 2 aromatic rings. The van der Waals surface area contributed by atoms with E-state index < -0.39 is 0 Å². The summed E-state index contributed by atoms with van der Waals surface area (Å²) in [5.74, 6) is -0.356. The second-order valence-corrected chi connectivity index (χ2v) is 6.68. The van der Waals surface area contributed by atoms with Crippen LogP contribution < -0.4 is 16.1 Å². The summed E-state index contributed by atoms with van der Waals surface area (Å²) < 4.78 is 1.64. The average molecular weight is 356 g/mol. The molecule has 0 bridgehead atoms. The molecule has 2 amide bonds. The van der Waals surface area contributed by atoms with Gasteiger partial charge in [0, 0.05) is 17.8 Å². The van der Waals surface area contributed by atoms with Crippen molar-refractivity contribution in [2.45, 2.75) is 51.1 Å². The Bertz CT molecular complexity index is 840. The maximum atomic E-state index is 12.0. The van der Waals surface area contributed by atoms with Gasteiger partial charge in [0.2, 0.25) is 17.2 Å². The molecule has 1 heterocycles. The maximum Gasteiger partial charge on any atom is 0.239 e. The number of carbonyl (C=O) groups excluding carboxylic acids is 2. The first-order chi connectivity index (χ1) is 12.6. The summed E-state index contributed by atoms with van der Waals surface area (Å²) >= 11 is 0. The molecular weight excluding hydrogens is 332 g/mol. The highest BCUT2D eigenvalue weighted by atomic mass is 16.2. The van der Waals surface area contributed by atoms with Crippen LogP contribution in [0.5, 0.6) is 0 Å². The molecule has 0 unspecified atom stereocenters. The van der Waals surface area contributed by atoms with Gasteiger partial charge in [0.15, 0.2) is 0 Å². The molecule has 26 heavy (non-hydrogen) atoms. The Hall–Kier alpha value is -2.70. The van der Waals surface area contributed by atoms with Crippen LogP contribution in [0, 0.1) is 0 Å². The lowest BCUT2D eigenvalue weighted by Crippen LogP contribution is -2.42. The van der Waals surface area contributed by atoms with Crippen LogP contribution in [0.15, 0.2) is 35.3 Å². The zero-order valence-corrected chi connectivity index (χ0v) is 14.7. The summed E-state index contributed by atoms with van der Waals surface area (Å²) in [5, 5.41) is 10.3. The number of amides is 2. The molecule has 0 aliphatic heterocycles. The molecule has 1 aliphatic rings. The van der Waals surface area contributed by atoms with Gasteiger partial charge in [0.05, 0.1) is 24.8 Å². The van der Waals surface area contributed by atoms with Gasteiger partial charge >= 0.3 is 0 Å². The van der Waals surface area contributed by atoms with Crippen LogP contribution in [-0.2, 0) is 16.1 Å². The fraction of sp³-hybridized carbons (Fsp3) is 0.474. The van der Waals surface area contributed by atoms with E-state index in [1.54, 1.807) is 22.9 Å². The first-order valence-corrected chi connectivity index (χ1v) is 9.14. The third kappa shape index (κ3) is 4.68.